The smallest absolute Gasteiger partial charge is 0.326 e. The van der Waals surface area contributed by atoms with E-state index in [1.54, 1.807) is 20.8 Å². The van der Waals surface area contributed by atoms with Crippen molar-refractivity contribution in [2.75, 3.05) is 6.54 Å². The quantitative estimate of drug-likeness (QED) is 0.660. The van der Waals surface area contributed by atoms with Gasteiger partial charge in [0.15, 0.2) is 5.69 Å². The lowest BCUT2D eigenvalue weighted by molar-refractivity contribution is -0.142. The molecule has 0 fully saturated rings. The van der Waals surface area contributed by atoms with Gasteiger partial charge >= 0.3 is 5.97 Å². The summed E-state index contributed by atoms with van der Waals surface area (Å²) < 4.78 is 1.43. The lowest BCUT2D eigenvalue weighted by atomic mass is 9.87. The lowest BCUT2D eigenvalue weighted by Gasteiger charge is -2.27. The van der Waals surface area contributed by atoms with Crippen molar-refractivity contribution in [3.05, 3.63) is 11.9 Å². The fourth-order valence-corrected chi connectivity index (χ4v) is 1.50. The van der Waals surface area contributed by atoms with Gasteiger partial charge < -0.3 is 16.2 Å². The second-order valence-electron chi connectivity index (χ2n) is 5.27. The van der Waals surface area contributed by atoms with Crippen molar-refractivity contribution in [1.29, 1.82) is 0 Å². The van der Waals surface area contributed by atoms with Crippen molar-refractivity contribution in [2.24, 2.45) is 11.1 Å². The molecule has 0 aliphatic heterocycles. The first-order chi connectivity index (χ1) is 8.75. The molecule has 106 valence electrons. The third kappa shape index (κ3) is 4.02. The Balaban J connectivity index is 2.79. The molecule has 1 rings (SSSR count). The first kappa shape index (κ1) is 15.1. The van der Waals surface area contributed by atoms with Crippen molar-refractivity contribution in [3.8, 4) is 0 Å². The summed E-state index contributed by atoms with van der Waals surface area (Å²) in [6.07, 6.45) is 1.43. The predicted molar refractivity (Wildman–Crippen MR) is 67.4 cm³/mol. The number of aliphatic carboxylic acids is 1. The third-order valence-electron chi connectivity index (χ3n) is 2.52. The number of nitrogens with zero attached hydrogens (tertiary/aromatic N) is 3. The molecule has 0 unspecified atom stereocenters. The zero-order chi connectivity index (χ0) is 14.6. The first-order valence-corrected chi connectivity index (χ1v) is 5.89. The van der Waals surface area contributed by atoms with Gasteiger partial charge in [0, 0.05) is 6.54 Å². The highest BCUT2D eigenvalue weighted by Gasteiger charge is 2.33. The number of aromatic nitrogens is 3. The number of hydrogen-bond donors (Lipinski definition) is 3. The minimum absolute atomic E-state index is 0.0731. The minimum atomic E-state index is -1.09. The Hall–Kier alpha value is -1.96. The second-order valence-corrected chi connectivity index (χ2v) is 5.27. The Morgan fingerprint density at radius 2 is 2.16 bits per heavy atom. The van der Waals surface area contributed by atoms with Crippen LogP contribution in [0.15, 0.2) is 6.20 Å². The Bertz CT molecular complexity index is 463. The molecule has 0 aliphatic carbocycles. The van der Waals surface area contributed by atoms with E-state index in [0.717, 1.165) is 0 Å². The molecule has 0 aliphatic rings. The Kier molecular flexibility index (Phi) is 4.60. The van der Waals surface area contributed by atoms with E-state index in [-0.39, 0.29) is 5.69 Å². The zero-order valence-corrected chi connectivity index (χ0v) is 11.3. The van der Waals surface area contributed by atoms with E-state index in [4.69, 9.17) is 10.8 Å². The van der Waals surface area contributed by atoms with Crippen LogP contribution in [0.3, 0.4) is 0 Å². The molecular formula is C11H19N5O3. The molecule has 1 atom stereocenters. The summed E-state index contributed by atoms with van der Waals surface area (Å²) in [7, 11) is 0. The van der Waals surface area contributed by atoms with Gasteiger partial charge in [-0.25, -0.2) is 4.79 Å². The van der Waals surface area contributed by atoms with Gasteiger partial charge in [-0.3, -0.25) is 9.48 Å². The van der Waals surface area contributed by atoms with Crippen LogP contribution in [0.2, 0.25) is 0 Å². The van der Waals surface area contributed by atoms with Crippen LogP contribution in [0.1, 0.15) is 31.3 Å². The van der Waals surface area contributed by atoms with Gasteiger partial charge in [0.25, 0.3) is 5.91 Å². The van der Waals surface area contributed by atoms with E-state index < -0.39 is 23.3 Å². The number of carboxylic acid groups (broad SMARTS) is 1. The predicted octanol–water partition coefficient (Wildman–Crippen LogP) is -0.534. The average Bonchev–Trinajstić information content (AvgIpc) is 2.72. The van der Waals surface area contributed by atoms with Crippen LogP contribution < -0.4 is 11.1 Å². The van der Waals surface area contributed by atoms with Crippen LogP contribution in [-0.2, 0) is 11.3 Å². The van der Waals surface area contributed by atoms with Gasteiger partial charge in [0.2, 0.25) is 0 Å². The molecule has 0 aromatic carbocycles. The first-order valence-electron chi connectivity index (χ1n) is 5.89. The maximum absolute atomic E-state index is 11.9. The van der Waals surface area contributed by atoms with Crippen molar-refractivity contribution >= 4 is 11.9 Å². The molecule has 0 saturated carbocycles. The number of amides is 1. The fraction of sp³-hybridized carbons (Fsp3) is 0.636. The number of carboxylic acids is 1. The molecule has 1 aromatic rings. The van der Waals surface area contributed by atoms with E-state index in [1.807, 2.05) is 0 Å². The number of rotatable bonds is 5. The molecule has 0 spiro atoms. The molecule has 0 bridgehead atoms. The molecule has 8 heteroatoms. The summed E-state index contributed by atoms with van der Waals surface area (Å²) >= 11 is 0. The van der Waals surface area contributed by atoms with E-state index in [1.165, 1.54) is 10.9 Å². The van der Waals surface area contributed by atoms with Crippen LogP contribution in [-0.4, -0.2) is 44.6 Å². The Morgan fingerprint density at radius 3 is 2.63 bits per heavy atom. The molecule has 19 heavy (non-hydrogen) atoms. The summed E-state index contributed by atoms with van der Waals surface area (Å²) in [6, 6.07) is -1.00. The largest absolute Gasteiger partial charge is 0.480 e. The molecule has 1 heterocycles. The summed E-state index contributed by atoms with van der Waals surface area (Å²) in [4.78, 5) is 23.1. The highest BCUT2D eigenvalue weighted by Crippen LogP contribution is 2.19. The molecule has 1 aromatic heterocycles. The number of nitrogens with two attached hydrogens (primary N) is 1. The van der Waals surface area contributed by atoms with Gasteiger partial charge in [0.05, 0.1) is 12.7 Å². The minimum Gasteiger partial charge on any atom is -0.480 e. The molecule has 1 amide bonds. The third-order valence-corrected chi connectivity index (χ3v) is 2.52. The van der Waals surface area contributed by atoms with Crippen LogP contribution in [0.25, 0.3) is 0 Å². The van der Waals surface area contributed by atoms with Gasteiger partial charge in [-0.15, -0.1) is 5.10 Å². The van der Waals surface area contributed by atoms with Crippen LogP contribution in [0.5, 0.6) is 0 Å². The standard InChI is InChI=1S/C11H19N5O3/c1-11(2,3)8(10(18)19)13-9(17)7-6-16(5-4-12)15-14-7/h6,8H,4-5,12H2,1-3H3,(H,13,17)(H,18,19)/t8-/m0/s1. The highest BCUT2D eigenvalue weighted by atomic mass is 16.4. The zero-order valence-electron chi connectivity index (χ0n) is 11.3. The number of carbonyl (C=O) groups excluding carboxylic acids is 1. The van der Waals surface area contributed by atoms with Crippen LogP contribution >= 0.6 is 0 Å². The van der Waals surface area contributed by atoms with E-state index >= 15 is 0 Å². The van der Waals surface area contributed by atoms with Crippen molar-refractivity contribution in [3.63, 3.8) is 0 Å². The van der Waals surface area contributed by atoms with E-state index in [9.17, 15) is 9.59 Å². The lowest BCUT2D eigenvalue weighted by Crippen LogP contribution is -2.49. The molecule has 0 saturated heterocycles. The van der Waals surface area contributed by atoms with Gasteiger partial charge in [-0.05, 0) is 5.41 Å². The van der Waals surface area contributed by atoms with Gasteiger partial charge in [0.1, 0.15) is 6.04 Å². The molecule has 0 radical (unpaired) electrons. The summed E-state index contributed by atoms with van der Waals surface area (Å²) in [5, 5.41) is 19.0. The van der Waals surface area contributed by atoms with Gasteiger partial charge in [-0.2, -0.15) is 0 Å². The maximum Gasteiger partial charge on any atom is 0.326 e. The second kappa shape index (κ2) is 5.79. The summed E-state index contributed by atoms with van der Waals surface area (Å²) in [5.41, 5.74) is 4.83. The number of carbonyl (C=O) groups is 2. The summed E-state index contributed by atoms with van der Waals surface area (Å²) in [6.45, 7) is 6.03. The van der Waals surface area contributed by atoms with E-state index in [2.05, 4.69) is 15.6 Å². The Labute approximate surface area is 111 Å². The van der Waals surface area contributed by atoms with Crippen molar-refractivity contribution in [2.45, 2.75) is 33.4 Å². The highest BCUT2D eigenvalue weighted by molar-refractivity contribution is 5.94. The molecule has 4 N–H and O–H groups in total. The number of nitrogens with one attached hydrogen (secondary N) is 1. The summed E-state index contributed by atoms with van der Waals surface area (Å²) in [5.74, 6) is -1.65. The van der Waals surface area contributed by atoms with Crippen LogP contribution in [0.4, 0.5) is 0 Å². The SMILES string of the molecule is CC(C)(C)[C@@H](NC(=O)c1cn(CCN)nn1)C(=O)O. The topological polar surface area (TPSA) is 123 Å². The number of hydrogen-bond acceptors (Lipinski definition) is 5. The fourth-order valence-electron chi connectivity index (χ4n) is 1.50. The van der Waals surface area contributed by atoms with Gasteiger partial charge in [-0.1, -0.05) is 26.0 Å². The van der Waals surface area contributed by atoms with E-state index in [0.29, 0.717) is 13.1 Å². The maximum atomic E-state index is 11.9. The average molecular weight is 269 g/mol. The van der Waals surface area contributed by atoms with Crippen LogP contribution in [0, 0.1) is 5.41 Å². The molecular weight excluding hydrogens is 250 g/mol. The normalized spacial score (nSPS) is 13.1. The monoisotopic (exact) mass is 269 g/mol. The van der Waals surface area contributed by atoms with Crippen molar-refractivity contribution < 1.29 is 14.7 Å². The van der Waals surface area contributed by atoms with Crippen molar-refractivity contribution in [1.82, 2.24) is 20.3 Å². The Morgan fingerprint density at radius 1 is 1.53 bits per heavy atom. The molecule has 8 nitrogen and oxygen atoms in total.